The maximum atomic E-state index is 5.43. The second kappa shape index (κ2) is 5.72. The average Bonchev–Trinajstić information content (AvgIpc) is 2.53. The minimum absolute atomic E-state index is 0.374. The molecule has 0 saturated heterocycles. The number of fused-ring (bicyclic) bond motifs is 1. The zero-order chi connectivity index (χ0) is 15.7. The van der Waals surface area contributed by atoms with Crippen molar-refractivity contribution in [1.29, 1.82) is 0 Å². The largest absolute Gasteiger partial charge is 0.494 e. The molecule has 0 atom stereocenters. The third-order valence-corrected chi connectivity index (χ3v) is 3.73. The fraction of sp³-hybridized carbons (Fsp3) is 0.278. The molecule has 4 heteroatoms. The predicted octanol–water partition coefficient (Wildman–Crippen LogP) is 4.13. The molecule has 1 aromatic carbocycles. The van der Waals surface area contributed by atoms with E-state index in [4.69, 9.17) is 4.74 Å². The van der Waals surface area contributed by atoms with Crippen molar-refractivity contribution >= 4 is 10.9 Å². The highest BCUT2D eigenvalue weighted by Gasteiger charge is 2.11. The number of methoxy groups -OCH3 is 1. The summed E-state index contributed by atoms with van der Waals surface area (Å²) in [6, 6.07) is 12.1. The molecule has 0 bridgehead atoms. The van der Waals surface area contributed by atoms with Crippen LogP contribution in [-0.4, -0.2) is 22.3 Å². The number of nitrogens with zero attached hydrogens (tertiary/aromatic N) is 3. The highest BCUT2D eigenvalue weighted by molar-refractivity contribution is 5.97. The summed E-state index contributed by atoms with van der Waals surface area (Å²) in [5.41, 5.74) is 4.68. The molecule has 22 heavy (non-hydrogen) atoms. The van der Waals surface area contributed by atoms with E-state index >= 15 is 0 Å². The smallest absolute Gasteiger partial charge is 0.145 e. The topological polar surface area (TPSA) is 47.9 Å². The Kier molecular flexibility index (Phi) is 3.75. The van der Waals surface area contributed by atoms with Gasteiger partial charge in [0.15, 0.2) is 0 Å². The van der Waals surface area contributed by atoms with Crippen LogP contribution < -0.4 is 4.74 Å². The molecule has 0 aliphatic rings. The van der Waals surface area contributed by atoms with Crippen LogP contribution in [0.4, 0.5) is 0 Å². The molecule has 0 amide bonds. The Morgan fingerprint density at radius 3 is 2.41 bits per heavy atom. The molecule has 2 heterocycles. The number of hydrogen-bond acceptors (Lipinski definition) is 4. The normalized spacial score (nSPS) is 11.1. The van der Waals surface area contributed by atoms with E-state index in [1.54, 1.807) is 7.11 Å². The molecule has 112 valence electrons. The summed E-state index contributed by atoms with van der Waals surface area (Å²) in [6.45, 7) is 6.20. The van der Waals surface area contributed by atoms with E-state index in [1.165, 1.54) is 0 Å². The Morgan fingerprint density at radius 1 is 0.955 bits per heavy atom. The van der Waals surface area contributed by atoms with Gasteiger partial charge in [0.05, 0.1) is 18.5 Å². The van der Waals surface area contributed by atoms with Crippen molar-refractivity contribution in [2.75, 3.05) is 7.11 Å². The van der Waals surface area contributed by atoms with Gasteiger partial charge in [0, 0.05) is 16.6 Å². The molecular formula is C18H19N3O. The third kappa shape index (κ3) is 2.52. The Balaban J connectivity index is 2.19. The van der Waals surface area contributed by atoms with Gasteiger partial charge in [-0.1, -0.05) is 19.9 Å². The van der Waals surface area contributed by atoms with Crippen molar-refractivity contribution in [2.45, 2.75) is 26.7 Å². The van der Waals surface area contributed by atoms with Gasteiger partial charge in [-0.25, -0.2) is 4.98 Å². The van der Waals surface area contributed by atoms with Crippen LogP contribution in [0.2, 0.25) is 0 Å². The van der Waals surface area contributed by atoms with Crippen molar-refractivity contribution in [1.82, 2.24) is 15.2 Å². The van der Waals surface area contributed by atoms with Crippen LogP contribution >= 0.6 is 0 Å². The van der Waals surface area contributed by atoms with Gasteiger partial charge in [0.25, 0.3) is 0 Å². The number of ether oxygens (including phenoxy) is 1. The lowest BCUT2D eigenvalue weighted by Gasteiger charge is -2.10. The van der Waals surface area contributed by atoms with Crippen molar-refractivity contribution in [3.05, 3.63) is 47.8 Å². The Bertz CT molecular complexity index is 810. The number of rotatable bonds is 3. The van der Waals surface area contributed by atoms with Crippen molar-refractivity contribution in [3.63, 3.8) is 0 Å². The molecule has 0 N–H and O–H groups in total. The zero-order valence-corrected chi connectivity index (χ0v) is 13.3. The number of aromatic nitrogens is 3. The predicted molar refractivity (Wildman–Crippen MR) is 88.1 cm³/mol. The number of benzene rings is 1. The summed E-state index contributed by atoms with van der Waals surface area (Å²) in [7, 11) is 1.66. The van der Waals surface area contributed by atoms with Gasteiger partial charge in [-0.15, -0.1) is 0 Å². The molecule has 2 aromatic heterocycles. The van der Waals surface area contributed by atoms with Crippen molar-refractivity contribution in [2.24, 2.45) is 0 Å². The highest BCUT2D eigenvalue weighted by Crippen LogP contribution is 2.32. The van der Waals surface area contributed by atoms with Gasteiger partial charge in [-0.05, 0) is 43.2 Å². The molecule has 0 aliphatic heterocycles. The van der Waals surface area contributed by atoms with E-state index in [2.05, 4.69) is 35.1 Å². The summed E-state index contributed by atoms with van der Waals surface area (Å²) < 4.78 is 5.43. The van der Waals surface area contributed by atoms with E-state index in [1.807, 2.05) is 37.3 Å². The van der Waals surface area contributed by atoms with Crippen LogP contribution in [0, 0.1) is 6.92 Å². The van der Waals surface area contributed by atoms with Crippen LogP contribution in [0.3, 0.4) is 0 Å². The number of aryl methyl sites for hydroxylation is 1. The summed E-state index contributed by atoms with van der Waals surface area (Å²) >= 11 is 0. The first kappa shape index (κ1) is 14.4. The summed E-state index contributed by atoms with van der Waals surface area (Å²) in [5.74, 6) is 1.15. The van der Waals surface area contributed by atoms with Gasteiger partial charge in [0.2, 0.25) is 0 Å². The first-order valence-electron chi connectivity index (χ1n) is 7.38. The standard InChI is InChI=1S/C18H19N3O/c1-11(2)15-8-9-16(21-20-15)13-7-10-17(22-4)18-14(13)6-5-12(3)19-18/h5-11H,1-4H3. The van der Waals surface area contributed by atoms with Gasteiger partial charge in [0.1, 0.15) is 11.3 Å². The Labute approximate surface area is 130 Å². The molecular weight excluding hydrogens is 274 g/mol. The lowest BCUT2D eigenvalue weighted by Crippen LogP contribution is -1.97. The molecule has 0 saturated carbocycles. The number of hydrogen-bond donors (Lipinski definition) is 0. The molecule has 0 radical (unpaired) electrons. The second-order valence-corrected chi connectivity index (χ2v) is 5.66. The molecule has 4 nitrogen and oxygen atoms in total. The minimum atomic E-state index is 0.374. The van der Waals surface area contributed by atoms with Gasteiger partial charge < -0.3 is 4.74 Å². The highest BCUT2D eigenvalue weighted by atomic mass is 16.5. The second-order valence-electron chi connectivity index (χ2n) is 5.66. The van der Waals surface area contributed by atoms with Gasteiger partial charge in [-0.2, -0.15) is 10.2 Å². The monoisotopic (exact) mass is 293 g/mol. The molecule has 3 aromatic rings. The van der Waals surface area contributed by atoms with Crippen molar-refractivity contribution in [3.8, 4) is 17.0 Å². The lowest BCUT2D eigenvalue weighted by atomic mass is 10.0. The van der Waals surface area contributed by atoms with Crippen LogP contribution in [0.1, 0.15) is 31.2 Å². The van der Waals surface area contributed by atoms with Crippen LogP contribution in [0.25, 0.3) is 22.2 Å². The quantitative estimate of drug-likeness (QED) is 0.728. The van der Waals surface area contributed by atoms with E-state index in [9.17, 15) is 0 Å². The van der Waals surface area contributed by atoms with Crippen LogP contribution in [0.5, 0.6) is 5.75 Å². The summed E-state index contributed by atoms with van der Waals surface area (Å²) in [6.07, 6.45) is 0. The minimum Gasteiger partial charge on any atom is -0.494 e. The van der Waals surface area contributed by atoms with Crippen LogP contribution in [0.15, 0.2) is 36.4 Å². The van der Waals surface area contributed by atoms with E-state index in [-0.39, 0.29) is 0 Å². The fourth-order valence-electron chi connectivity index (χ4n) is 2.47. The third-order valence-electron chi connectivity index (χ3n) is 3.73. The molecule has 3 rings (SSSR count). The lowest BCUT2D eigenvalue weighted by molar-refractivity contribution is 0.419. The molecule has 0 fully saturated rings. The van der Waals surface area contributed by atoms with E-state index in [0.717, 1.165) is 39.3 Å². The van der Waals surface area contributed by atoms with E-state index < -0.39 is 0 Å². The Morgan fingerprint density at radius 2 is 1.77 bits per heavy atom. The number of pyridine rings is 1. The van der Waals surface area contributed by atoms with E-state index in [0.29, 0.717) is 5.92 Å². The van der Waals surface area contributed by atoms with Gasteiger partial charge in [-0.3, -0.25) is 0 Å². The summed E-state index contributed by atoms with van der Waals surface area (Å²) in [4.78, 5) is 4.61. The molecule has 0 spiro atoms. The van der Waals surface area contributed by atoms with Crippen LogP contribution in [-0.2, 0) is 0 Å². The summed E-state index contributed by atoms with van der Waals surface area (Å²) in [5, 5.41) is 9.72. The SMILES string of the molecule is COc1ccc(-c2ccc(C(C)C)nn2)c2ccc(C)nc12. The first-order valence-corrected chi connectivity index (χ1v) is 7.38. The molecule has 0 aliphatic carbocycles. The molecule has 0 unspecified atom stereocenters. The first-order chi connectivity index (χ1) is 10.6. The fourth-order valence-corrected chi connectivity index (χ4v) is 2.47. The van der Waals surface area contributed by atoms with Gasteiger partial charge >= 0.3 is 0 Å². The average molecular weight is 293 g/mol. The van der Waals surface area contributed by atoms with Crippen molar-refractivity contribution < 1.29 is 4.74 Å². The maximum Gasteiger partial charge on any atom is 0.145 e. The maximum absolute atomic E-state index is 5.43. The Hall–Kier alpha value is -2.49. The zero-order valence-electron chi connectivity index (χ0n) is 13.3.